The summed E-state index contributed by atoms with van der Waals surface area (Å²) in [6, 6.07) is 8.15. The quantitative estimate of drug-likeness (QED) is 0.837. The highest BCUT2D eigenvalue weighted by Gasteiger charge is 2.36. The van der Waals surface area contributed by atoms with Gasteiger partial charge in [0.25, 0.3) is 0 Å². The molecule has 1 aliphatic heterocycles. The number of benzene rings is 1. The van der Waals surface area contributed by atoms with Gasteiger partial charge in [0.1, 0.15) is 5.82 Å². The number of methoxy groups -OCH3 is 1. The number of piperidine rings is 1. The van der Waals surface area contributed by atoms with Crippen LogP contribution in [-0.2, 0) is 11.2 Å². The van der Waals surface area contributed by atoms with Gasteiger partial charge in [-0.3, -0.25) is 4.90 Å². The van der Waals surface area contributed by atoms with Crippen LogP contribution in [0.3, 0.4) is 0 Å². The van der Waals surface area contributed by atoms with Gasteiger partial charge in [-0.05, 0) is 56.3 Å². The molecule has 0 N–H and O–H groups in total. The van der Waals surface area contributed by atoms with Gasteiger partial charge >= 0.3 is 0 Å². The first-order chi connectivity index (χ1) is 10.3. The van der Waals surface area contributed by atoms with Gasteiger partial charge in [-0.1, -0.05) is 25.0 Å². The highest BCUT2D eigenvalue weighted by Crippen LogP contribution is 2.32. The van der Waals surface area contributed by atoms with Crippen LogP contribution in [0, 0.1) is 5.82 Å². The lowest BCUT2D eigenvalue weighted by atomic mass is 9.91. The van der Waals surface area contributed by atoms with Gasteiger partial charge in [0.2, 0.25) is 0 Å². The molecule has 0 unspecified atom stereocenters. The van der Waals surface area contributed by atoms with E-state index in [2.05, 4.69) is 4.90 Å². The Morgan fingerprint density at radius 3 is 2.48 bits per heavy atom. The molecule has 1 aliphatic carbocycles. The molecule has 2 atom stereocenters. The Morgan fingerprint density at radius 2 is 1.81 bits per heavy atom. The van der Waals surface area contributed by atoms with Crippen LogP contribution in [0.2, 0.25) is 0 Å². The van der Waals surface area contributed by atoms with Crippen LogP contribution >= 0.6 is 0 Å². The number of ether oxygens (including phenoxy) is 1. The van der Waals surface area contributed by atoms with E-state index in [0.29, 0.717) is 12.1 Å². The number of nitrogens with zero attached hydrogens (tertiary/aromatic N) is 1. The minimum absolute atomic E-state index is 0.154. The van der Waals surface area contributed by atoms with Gasteiger partial charge in [0, 0.05) is 19.2 Å². The molecule has 0 bridgehead atoms. The molecule has 1 aromatic carbocycles. The Morgan fingerprint density at radius 1 is 1.10 bits per heavy atom. The summed E-state index contributed by atoms with van der Waals surface area (Å²) in [6.45, 7) is 1.19. The van der Waals surface area contributed by atoms with Crippen molar-refractivity contribution in [3.63, 3.8) is 0 Å². The maximum Gasteiger partial charge on any atom is 0.123 e. The Kier molecular flexibility index (Phi) is 4.91. The number of likely N-dealkylation sites (tertiary alicyclic amines) is 1. The molecule has 2 aliphatic rings. The number of hydrogen-bond acceptors (Lipinski definition) is 2. The monoisotopic (exact) mass is 291 g/mol. The van der Waals surface area contributed by atoms with E-state index in [4.69, 9.17) is 4.74 Å². The Bertz CT molecular complexity index is 441. The summed E-state index contributed by atoms with van der Waals surface area (Å²) in [5, 5.41) is 0. The summed E-state index contributed by atoms with van der Waals surface area (Å²) >= 11 is 0. The topological polar surface area (TPSA) is 12.5 Å². The lowest BCUT2D eigenvalue weighted by Gasteiger charge is -2.44. The van der Waals surface area contributed by atoms with Gasteiger partial charge in [-0.15, -0.1) is 0 Å². The lowest BCUT2D eigenvalue weighted by molar-refractivity contribution is -0.0351. The molecule has 0 aromatic heterocycles. The van der Waals surface area contributed by atoms with E-state index in [0.717, 1.165) is 18.9 Å². The first kappa shape index (κ1) is 15.0. The summed E-state index contributed by atoms with van der Waals surface area (Å²) in [5.41, 5.74) is 1.22. The van der Waals surface area contributed by atoms with Crippen molar-refractivity contribution >= 4 is 0 Å². The van der Waals surface area contributed by atoms with Crippen molar-refractivity contribution in [2.45, 2.75) is 63.1 Å². The zero-order chi connectivity index (χ0) is 14.7. The van der Waals surface area contributed by atoms with Crippen molar-refractivity contribution in [2.75, 3.05) is 13.7 Å². The predicted octanol–water partition coefficient (Wildman–Crippen LogP) is 3.79. The highest BCUT2D eigenvalue weighted by molar-refractivity contribution is 5.18. The van der Waals surface area contributed by atoms with Crippen LogP contribution in [-0.4, -0.2) is 36.7 Å². The summed E-state index contributed by atoms with van der Waals surface area (Å²) in [5.74, 6) is -0.154. The first-order valence-corrected chi connectivity index (χ1v) is 8.31. The zero-order valence-electron chi connectivity index (χ0n) is 12.9. The molecule has 0 radical (unpaired) electrons. The van der Waals surface area contributed by atoms with Crippen molar-refractivity contribution in [2.24, 2.45) is 0 Å². The van der Waals surface area contributed by atoms with Crippen molar-refractivity contribution in [3.8, 4) is 0 Å². The summed E-state index contributed by atoms with van der Waals surface area (Å²) < 4.78 is 18.9. The minimum atomic E-state index is -0.154. The normalized spacial score (nSPS) is 28.1. The molecule has 1 heterocycles. The molecule has 21 heavy (non-hydrogen) atoms. The van der Waals surface area contributed by atoms with Gasteiger partial charge in [0.05, 0.1) is 6.10 Å². The van der Waals surface area contributed by atoms with Crippen molar-refractivity contribution in [1.29, 1.82) is 0 Å². The molecule has 3 heteroatoms. The summed E-state index contributed by atoms with van der Waals surface area (Å²) in [6.07, 6.45) is 9.04. The van der Waals surface area contributed by atoms with E-state index in [1.807, 2.05) is 19.2 Å². The second kappa shape index (κ2) is 6.89. The average Bonchev–Trinajstić information content (AvgIpc) is 3.04. The molecular formula is C18H26FNO. The number of halogens is 1. The second-order valence-corrected chi connectivity index (χ2v) is 6.49. The molecule has 1 saturated heterocycles. The van der Waals surface area contributed by atoms with Crippen molar-refractivity contribution in [1.82, 2.24) is 4.90 Å². The zero-order valence-corrected chi connectivity index (χ0v) is 12.9. The highest BCUT2D eigenvalue weighted by atomic mass is 19.1. The van der Waals surface area contributed by atoms with E-state index in [1.165, 1.54) is 44.2 Å². The Balaban J connectivity index is 1.76. The van der Waals surface area contributed by atoms with E-state index in [9.17, 15) is 4.39 Å². The lowest BCUT2D eigenvalue weighted by Crippen LogP contribution is -2.53. The fourth-order valence-corrected chi connectivity index (χ4v) is 4.12. The summed E-state index contributed by atoms with van der Waals surface area (Å²) in [7, 11) is 1.83. The molecule has 2 fully saturated rings. The predicted molar refractivity (Wildman–Crippen MR) is 82.9 cm³/mol. The summed E-state index contributed by atoms with van der Waals surface area (Å²) in [4.78, 5) is 2.69. The van der Waals surface area contributed by atoms with Gasteiger partial charge in [-0.25, -0.2) is 4.39 Å². The van der Waals surface area contributed by atoms with E-state index in [1.54, 1.807) is 12.1 Å². The van der Waals surface area contributed by atoms with Crippen LogP contribution in [0.4, 0.5) is 4.39 Å². The standard InChI is InChI=1S/C18H26FNO/c1-21-18-7-4-12-20(16-5-2-3-6-16)17(18)13-14-8-10-15(19)11-9-14/h8-11,16-18H,2-7,12-13H2,1H3/t17-,18-/m0/s1. The van der Waals surface area contributed by atoms with Crippen LogP contribution < -0.4 is 0 Å². The molecule has 0 amide bonds. The van der Waals surface area contributed by atoms with Crippen molar-refractivity contribution < 1.29 is 9.13 Å². The van der Waals surface area contributed by atoms with Crippen molar-refractivity contribution in [3.05, 3.63) is 35.6 Å². The van der Waals surface area contributed by atoms with Crippen LogP contribution in [0.1, 0.15) is 44.1 Å². The van der Waals surface area contributed by atoms with Gasteiger partial charge in [-0.2, -0.15) is 0 Å². The molecule has 2 nitrogen and oxygen atoms in total. The third-order valence-corrected chi connectivity index (χ3v) is 5.21. The Labute approximate surface area is 127 Å². The van der Waals surface area contributed by atoms with Crippen LogP contribution in [0.15, 0.2) is 24.3 Å². The Hall–Kier alpha value is -0.930. The van der Waals surface area contributed by atoms with Crippen LogP contribution in [0.25, 0.3) is 0 Å². The van der Waals surface area contributed by atoms with E-state index in [-0.39, 0.29) is 5.82 Å². The third kappa shape index (κ3) is 3.46. The maximum absolute atomic E-state index is 13.1. The fourth-order valence-electron chi connectivity index (χ4n) is 4.12. The number of rotatable bonds is 4. The van der Waals surface area contributed by atoms with E-state index >= 15 is 0 Å². The smallest absolute Gasteiger partial charge is 0.123 e. The maximum atomic E-state index is 13.1. The molecule has 116 valence electrons. The second-order valence-electron chi connectivity index (χ2n) is 6.49. The van der Waals surface area contributed by atoms with Crippen LogP contribution in [0.5, 0.6) is 0 Å². The molecule has 1 aromatic rings. The largest absolute Gasteiger partial charge is 0.380 e. The molecule has 3 rings (SSSR count). The average molecular weight is 291 g/mol. The van der Waals surface area contributed by atoms with Gasteiger partial charge in [0.15, 0.2) is 0 Å². The molecular weight excluding hydrogens is 265 g/mol. The molecule has 0 spiro atoms. The molecule has 1 saturated carbocycles. The fraction of sp³-hybridized carbons (Fsp3) is 0.667. The third-order valence-electron chi connectivity index (χ3n) is 5.21. The number of hydrogen-bond donors (Lipinski definition) is 0. The first-order valence-electron chi connectivity index (χ1n) is 8.31. The van der Waals surface area contributed by atoms with Gasteiger partial charge < -0.3 is 4.74 Å². The van der Waals surface area contributed by atoms with E-state index < -0.39 is 0 Å². The minimum Gasteiger partial charge on any atom is -0.380 e. The SMILES string of the molecule is CO[C@H]1CCCN(C2CCCC2)[C@H]1Cc1ccc(F)cc1.